The normalized spacial score (nSPS) is 11.0. The maximum Gasteiger partial charge on any atom is 0.261 e. The van der Waals surface area contributed by atoms with Crippen molar-refractivity contribution in [3.8, 4) is 0 Å². The summed E-state index contributed by atoms with van der Waals surface area (Å²) in [5.74, 6) is 0.822. The first kappa shape index (κ1) is 15.1. The third-order valence-corrected chi connectivity index (χ3v) is 4.90. The quantitative estimate of drug-likeness (QED) is 0.537. The standard InChI is InChI=1S/C17H15ClN2OS/c1-20-16(21)13-7-3-5-9-15(13)19-17(20)22-11-10-12-6-2-4-8-14(12)18/h2-9H,10-11H2,1H3. The molecule has 0 aliphatic heterocycles. The molecule has 0 aliphatic rings. The van der Waals surface area contributed by atoms with Gasteiger partial charge in [0.25, 0.3) is 5.56 Å². The molecule has 1 heterocycles. The lowest BCUT2D eigenvalue weighted by molar-refractivity contribution is 0.726. The van der Waals surface area contributed by atoms with Crippen molar-refractivity contribution in [1.29, 1.82) is 0 Å². The van der Waals surface area contributed by atoms with E-state index in [0.29, 0.717) is 5.39 Å². The number of fused-ring (bicyclic) bond motifs is 1. The van der Waals surface area contributed by atoms with Crippen LogP contribution in [0, 0.1) is 0 Å². The molecule has 0 spiro atoms. The molecule has 22 heavy (non-hydrogen) atoms. The van der Waals surface area contributed by atoms with Gasteiger partial charge in [0, 0.05) is 17.8 Å². The molecule has 0 atom stereocenters. The first-order chi connectivity index (χ1) is 10.7. The van der Waals surface area contributed by atoms with Gasteiger partial charge in [-0.15, -0.1) is 0 Å². The Bertz CT molecular complexity index is 876. The lowest BCUT2D eigenvalue weighted by Gasteiger charge is -2.09. The van der Waals surface area contributed by atoms with E-state index in [1.54, 1.807) is 23.4 Å². The summed E-state index contributed by atoms with van der Waals surface area (Å²) in [7, 11) is 1.76. The van der Waals surface area contributed by atoms with Crippen molar-refractivity contribution >= 4 is 34.3 Å². The molecule has 1 aromatic heterocycles. The van der Waals surface area contributed by atoms with Crippen LogP contribution in [0.4, 0.5) is 0 Å². The SMILES string of the molecule is Cn1c(SCCc2ccccc2Cl)nc2ccccc2c1=O. The lowest BCUT2D eigenvalue weighted by atomic mass is 10.2. The van der Waals surface area contributed by atoms with Gasteiger partial charge in [-0.3, -0.25) is 9.36 Å². The second-order valence-electron chi connectivity index (χ2n) is 4.97. The molecule has 0 bridgehead atoms. The summed E-state index contributed by atoms with van der Waals surface area (Å²) in [6.45, 7) is 0. The molecule has 0 aliphatic carbocycles. The Morgan fingerprint density at radius 1 is 1.14 bits per heavy atom. The van der Waals surface area contributed by atoms with Gasteiger partial charge in [-0.2, -0.15) is 0 Å². The average Bonchev–Trinajstić information content (AvgIpc) is 2.54. The maximum atomic E-state index is 12.3. The number of hydrogen-bond acceptors (Lipinski definition) is 3. The van der Waals surface area contributed by atoms with Gasteiger partial charge in [0.05, 0.1) is 10.9 Å². The Labute approximate surface area is 138 Å². The molecule has 5 heteroatoms. The minimum absolute atomic E-state index is 0.00848. The summed E-state index contributed by atoms with van der Waals surface area (Å²) in [6.07, 6.45) is 0.840. The smallest absolute Gasteiger partial charge is 0.261 e. The largest absolute Gasteiger partial charge is 0.290 e. The van der Waals surface area contributed by atoms with E-state index in [2.05, 4.69) is 4.98 Å². The number of para-hydroxylation sites is 1. The van der Waals surface area contributed by atoms with E-state index in [4.69, 9.17) is 11.6 Å². The molecule has 0 amide bonds. The number of rotatable bonds is 4. The number of benzene rings is 2. The zero-order chi connectivity index (χ0) is 15.5. The van der Waals surface area contributed by atoms with Crippen molar-refractivity contribution < 1.29 is 0 Å². The molecule has 3 rings (SSSR count). The molecule has 0 saturated carbocycles. The van der Waals surface area contributed by atoms with Crippen LogP contribution in [-0.4, -0.2) is 15.3 Å². The van der Waals surface area contributed by atoms with Gasteiger partial charge < -0.3 is 0 Å². The summed E-state index contributed by atoms with van der Waals surface area (Å²) in [4.78, 5) is 16.9. The van der Waals surface area contributed by atoms with Gasteiger partial charge in [0.2, 0.25) is 0 Å². The monoisotopic (exact) mass is 330 g/mol. The van der Waals surface area contributed by atoms with E-state index in [-0.39, 0.29) is 5.56 Å². The highest BCUT2D eigenvalue weighted by molar-refractivity contribution is 7.99. The Kier molecular flexibility index (Phi) is 4.50. The Morgan fingerprint density at radius 3 is 2.68 bits per heavy atom. The fourth-order valence-electron chi connectivity index (χ4n) is 2.28. The van der Waals surface area contributed by atoms with Crippen molar-refractivity contribution in [2.45, 2.75) is 11.6 Å². The van der Waals surface area contributed by atoms with E-state index in [1.807, 2.05) is 48.5 Å². The van der Waals surface area contributed by atoms with Crippen molar-refractivity contribution in [1.82, 2.24) is 9.55 Å². The van der Waals surface area contributed by atoms with Crippen LogP contribution in [0.1, 0.15) is 5.56 Å². The van der Waals surface area contributed by atoms with E-state index in [1.165, 1.54) is 0 Å². The maximum absolute atomic E-state index is 12.3. The molecule has 0 unspecified atom stereocenters. The second-order valence-corrected chi connectivity index (χ2v) is 6.43. The number of thioether (sulfide) groups is 1. The topological polar surface area (TPSA) is 34.9 Å². The highest BCUT2D eigenvalue weighted by atomic mass is 35.5. The third kappa shape index (κ3) is 3.03. The number of aryl methyl sites for hydroxylation is 1. The molecule has 2 aromatic carbocycles. The Balaban J connectivity index is 1.81. The van der Waals surface area contributed by atoms with Crippen molar-refractivity contribution in [2.75, 3.05) is 5.75 Å². The van der Waals surface area contributed by atoms with Crippen LogP contribution >= 0.6 is 23.4 Å². The minimum atomic E-state index is -0.00848. The zero-order valence-electron chi connectivity index (χ0n) is 12.1. The summed E-state index contributed by atoms with van der Waals surface area (Å²) in [6, 6.07) is 15.3. The first-order valence-corrected chi connectivity index (χ1v) is 8.35. The predicted octanol–water partition coefficient (Wildman–Crippen LogP) is 3.92. The van der Waals surface area contributed by atoms with Gasteiger partial charge in [0.15, 0.2) is 5.16 Å². The van der Waals surface area contributed by atoms with E-state index >= 15 is 0 Å². The Hall–Kier alpha value is -1.78. The number of aromatic nitrogens is 2. The van der Waals surface area contributed by atoms with Crippen LogP contribution < -0.4 is 5.56 Å². The molecule has 0 fully saturated rings. The summed E-state index contributed by atoms with van der Waals surface area (Å²) < 4.78 is 1.61. The van der Waals surface area contributed by atoms with Gasteiger partial charge >= 0.3 is 0 Å². The molecular formula is C17H15ClN2OS. The van der Waals surface area contributed by atoms with Gasteiger partial charge in [-0.25, -0.2) is 4.98 Å². The third-order valence-electron chi connectivity index (χ3n) is 3.50. The molecule has 3 nitrogen and oxygen atoms in total. The van der Waals surface area contributed by atoms with E-state index < -0.39 is 0 Å². The van der Waals surface area contributed by atoms with Crippen LogP contribution in [0.3, 0.4) is 0 Å². The van der Waals surface area contributed by atoms with Gasteiger partial charge in [0.1, 0.15) is 0 Å². The number of halogens is 1. The molecule has 3 aromatic rings. The van der Waals surface area contributed by atoms with Crippen LogP contribution in [0.5, 0.6) is 0 Å². The van der Waals surface area contributed by atoms with Crippen LogP contribution in [0.15, 0.2) is 58.5 Å². The average molecular weight is 331 g/mol. The molecular weight excluding hydrogens is 316 g/mol. The Morgan fingerprint density at radius 2 is 1.86 bits per heavy atom. The summed E-state index contributed by atoms with van der Waals surface area (Å²) >= 11 is 7.73. The highest BCUT2D eigenvalue weighted by Gasteiger charge is 2.08. The second kappa shape index (κ2) is 6.55. The van der Waals surface area contributed by atoms with E-state index in [9.17, 15) is 4.79 Å². The summed E-state index contributed by atoms with van der Waals surface area (Å²) in [5, 5.41) is 2.17. The van der Waals surface area contributed by atoms with Crippen molar-refractivity contribution in [3.05, 3.63) is 69.5 Å². The number of hydrogen-bond donors (Lipinski definition) is 0. The molecule has 0 saturated heterocycles. The fraction of sp³-hybridized carbons (Fsp3) is 0.176. The molecule has 0 radical (unpaired) electrons. The van der Waals surface area contributed by atoms with Crippen molar-refractivity contribution in [2.24, 2.45) is 7.05 Å². The zero-order valence-corrected chi connectivity index (χ0v) is 13.7. The summed E-state index contributed by atoms with van der Waals surface area (Å²) in [5.41, 5.74) is 1.85. The number of nitrogens with zero attached hydrogens (tertiary/aromatic N) is 2. The lowest BCUT2D eigenvalue weighted by Crippen LogP contribution is -2.20. The van der Waals surface area contributed by atoms with Crippen LogP contribution in [-0.2, 0) is 13.5 Å². The van der Waals surface area contributed by atoms with Crippen molar-refractivity contribution in [3.63, 3.8) is 0 Å². The van der Waals surface area contributed by atoms with E-state index in [0.717, 1.165) is 33.4 Å². The predicted molar refractivity (Wildman–Crippen MR) is 92.9 cm³/mol. The van der Waals surface area contributed by atoms with Crippen LogP contribution in [0.2, 0.25) is 5.02 Å². The highest BCUT2D eigenvalue weighted by Crippen LogP contribution is 2.21. The molecule has 0 N–H and O–H groups in total. The van der Waals surface area contributed by atoms with Crippen LogP contribution in [0.25, 0.3) is 10.9 Å². The minimum Gasteiger partial charge on any atom is -0.290 e. The first-order valence-electron chi connectivity index (χ1n) is 6.99. The fourth-order valence-corrected chi connectivity index (χ4v) is 3.45. The van der Waals surface area contributed by atoms with Gasteiger partial charge in [-0.1, -0.05) is 53.7 Å². The molecule has 112 valence electrons. The van der Waals surface area contributed by atoms with Gasteiger partial charge in [-0.05, 0) is 30.2 Å².